The van der Waals surface area contributed by atoms with Crippen LogP contribution in [0.4, 0.5) is 11.4 Å². The minimum atomic E-state index is -0.676. The predicted octanol–water partition coefficient (Wildman–Crippen LogP) is 1.29. The SMILES string of the molecule is COCC(=O)Nc1ccc(OC)cc1NCC(O)CCl. The Balaban J connectivity index is 2.83. The minimum Gasteiger partial charge on any atom is -0.497 e. The highest BCUT2D eigenvalue weighted by atomic mass is 35.5. The second kappa shape index (κ2) is 8.63. The molecular formula is C13H19ClN2O4. The number of hydrogen-bond acceptors (Lipinski definition) is 5. The molecular weight excluding hydrogens is 284 g/mol. The number of alkyl halides is 1. The molecule has 3 N–H and O–H groups in total. The molecule has 0 heterocycles. The van der Waals surface area contributed by atoms with Gasteiger partial charge in [0.15, 0.2) is 0 Å². The summed E-state index contributed by atoms with van der Waals surface area (Å²) >= 11 is 5.54. The summed E-state index contributed by atoms with van der Waals surface area (Å²) in [6, 6.07) is 5.16. The van der Waals surface area contributed by atoms with Gasteiger partial charge in [-0.2, -0.15) is 0 Å². The molecule has 0 aliphatic carbocycles. The Morgan fingerprint density at radius 1 is 1.40 bits per heavy atom. The van der Waals surface area contributed by atoms with Crippen molar-refractivity contribution >= 4 is 28.9 Å². The van der Waals surface area contributed by atoms with E-state index in [0.29, 0.717) is 17.1 Å². The monoisotopic (exact) mass is 302 g/mol. The van der Waals surface area contributed by atoms with Crippen LogP contribution in [0.15, 0.2) is 18.2 Å². The number of carbonyl (C=O) groups is 1. The minimum absolute atomic E-state index is 0.0320. The van der Waals surface area contributed by atoms with E-state index in [1.807, 2.05) is 0 Å². The zero-order chi connectivity index (χ0) is 15.0. The van der Waals surface area contributed by atoms with Crippen LogP contribution in [0, 0.1) is 0 Å². The molecule has 1 atom stereocenters. The second-order valence-corrected chi connectivity index (χ2v) is 4.39. The Morgan fingerprint density at radius 3 is 2.75 bits per heavy atom. The molecule has 0 saturated heterocycles. The zero-order valence-electron chi connectivity index (χ0n) is 11.5. The van der Waals surface area contributed by atoms with Crippen LogP contribution < -0.4 is 15.4 Å². The molecule has 0 saturated carbocycles. The maximum absolute atomic E-state index is 11.5. The van der Waals surface area contributed by atoms with Crippen molar-refractivity contribution in [2.24, 2.45) is 0 Å². The summed E-state index contributed by atoms with van der Waals surface area (Å²) in [5, 5.41) is 15.2. The lowest BCUT2D eigenvalue weighted by molar-refractivity contribution is -0.119. The molecule has 20 heavy (non-hydrogen) atoms. The third-order valence-electron chi connectivity index (χ3n) is 2.48. The van der Waals surface area contributed by atoms with Gasteiger partial charge in [0.1, 0.15) is 12.4 Å². The Morgan fingerprint density at radius 2 is 2.15 bits per heavy atom. The normalized spacial score (nSPS) is 11.8. The van der Waals surface area contributed by atoms with Crippen molar-refractivity contribution in [3.63, 3.8) is 0 Å². The van der Waals surface area contributed by atoms with Gasteiger partial charge in [0.2, 0.25) is 5.91 Å². The van der Waals surface area contributed by atoms with Crippen molar-refractivity contribution in [3.05, 3.63) is 18.2 Å². The van der Waals surface area contributed by atoms with E-state index in [-0.39, 0.29) is 24.9 Å². The van der Waals surface area contributed by atoms with Crippen molar-refractivity contribution in [2.75, 3.05) is 43.9 Å². The number of ether oxygens (including phenoxy) is 2. The molecule has 0 aromatic heterocycles. The fraction of sp³-hybridized carbons (Fsp3) is 0.462. The molecule has 1 rings (SSSR count). The summed E-state index contributed by atoms with van der Waals surface area (Å²) < 4.78 is 9.89. The molecule has 7 heteroatoms. The van der Waals surface area contributed by atoms with Gasteiger partial charge in [0, 0.05) is 19.7 Å². The van der Waals surface area contributed by atoms with Gasteiger partial charge in [-0.05, 0) is 12.1 Å². The summed E-state index contributed by atoms with van der Waals surface area (Å²) in [6.45, 7) is 0.236. The molecule has 0 aliphatic heterocycles. The van der Waals surface area contributed by atoms with Gasteiger partial charge in [0.05, 0.1) is 30.5 Å². The Labute approximate surface area is 123 Å². The average Bonchev–Trinajstić information content (AvgIpc) is 2.46. The first-order chi connectivity index (χ1) is 9.60. The van der Waals surface area contributed by atoms with Gasteiger partial charge in [0.25, 0.3) is 0 Å². The molecule has 1 unspecified atom stereocenters. The summed E-state index contributed by atoms with van der Waals surface area (Å²) in [7, 11) is 3.00. The number of rotatable bonds is 8. The molecule has 1 amide bonds. The number of halogens is 1. The zero-order valence-corrected chi connectivity index (χ0v) is 12.2. The van der Waals surface area contributed by atoms with E-state index in [1.54, 1.807) is 25.3 Å². The number of carbonyl (C=O) groups excluding carboxylic acids is 1. The highest BCUT2D eigenvalue weighted by Crippen LogP contribution is 2.27. The van der Waals surface area contributed by atoms with E-state index in [1.165, 1.54) is 7.11 Å². The van der Waals surface area contributed by atoms with Crippen molar-refractivity contribution in [1.82, 2.24) is 0 Å². The van der Waals surface area contributed by atoms with E-state index in [4.69, 9.17) is 21.1 Å². The van der Waals surface area contributed by atoms with Crippen LogP contribution in [0.2, 0.25) is 0 Å². The summed E-state index contributed by atoms with van der Waals surface area (Å²) in [6.07, 6.45) is -0.676. The first kappa shape index (κ1) is 16.6. The lowest BCUT2D eigenvalue weighted by atomic mass is 10.2. The first-order valence-corrected chi connectivity index (χ1v) is 6.59. The van der Waals surface area contributed by atoms with Crippen LogP contribution in [0.25, 0.3) is 0 Å². The summed E-state index contributed by atoms with van der Waals surface area (Å²) in [4.78, 5) is 11.5. The quantitative estimate of drug-likeness (QED) is 0.631. The van der Waals surface area contributed by atoms with Gasteiger partial charge in [-0.25, -0.2) is 0 Å². The van der Waals surface area contributed by atoms with Crippen LogP contribution in [-0.4, -0.2) is 50.4 Å². The van der Waals surface area contributed by atoms with Crippen LogP contribution in [0.1, 0.15) is 0 Å². The topological polar surface area (TPSA) is 79.8 Å². The van der Waals surface area contributed by atoms with Gasteiger partial charge in [-0.3, -0.25) is 4.79 Å². The van der Waals surface area contributed by atoms with E-state index in [0.717, 1.165) is 0 Å². The third kappa shape index (κ3) is 5.24. The number of benzene rings is 1. The molecule has 0 fully saturated rings. The average molecular weight is 303 g/mol. The molecule has 0 radical (unpaired) electrons. The Kier molecular flexibility index (Phi) is 7.14. The number of amides is 1. The number of nitrogens with one attached hydrogen (secondary N) is 2. The van der Waals surface area contributed by atoms with Gasteiger partial charge in [-0.15, -0.1) is 11.6 Å². The molecule has 0 spiro atoms. The molecule has 112 valence electrons. The lowest BCUT2D eigenvalue weighted by Crippen LogP contribution is -2.22. The molecule has 1 aromatic rings. The Hall–Kier alpha value is -1.50. The van der Waals surface area contributed by atoms with Crippen molar-refractivity contribution in [3.8, 4) is 5.75 Å². The Bertz CT molecular complexity index is 442. The number of methoxy groups -OCH3 is 2. The molecule has 1 aromatic carbocycles. The van der Waals surface area contributed by atoms with Gasteiger partial charge >= 0.3 is 0 Å². The van der Waals surface area contributed by atoms with E-state index in [9.17, 15) is 9.90 Å². The first-order valence-electron chi connectivity index (χ1n) is 6.05. The van der Waals surface area contributed by atoms with Crippen LogP contribution in [0.5, 0.6) is 5.75 Å². The van der Waals surface area contributed by atoms with Crippen LogP contribution >= 0.6 is 11.6 Å². The second-order valence-electron chi connectivity index (χ2n) is 4.08. The summed E-state index contributed by atoms with van der Waals surface area (Å²) in [5.41, 5.74) is 1.22. The molecule has 0 bridgehead atoms. The number of aliphatic hydroxyl groups is 1. The maximum Gasteiger partial charge on any atom is 0.250 e. The van der Waals surface area contributed by atoms with Crippen molar-refractivity contribution < 1.29 is 19.4 Å². The van der Waals surface area contributed by atoms with E-state index >= 15 is 0 Å². The van der Waals surface area contributed by atoms with Crippen LogP contribution in [-0.2, 0) is 9.53 Å². The van der Waals surface area contributed by atoms with E-state index in [2.05, 4.69) is 10.6 Å². The van der Waals surface area contributed by atoms with Crippen molar-refractivity contribution in [1.29, 1.82) is 0 Å². The van der Waals surface area contributed by atoms with Gasteiger partial charge in [-0.1, -0.05) is 0 Å². The number of aliphatic hydroxyl groups excluding tert-OH is 1. The molecule has 0 aliphatic rings. The predicted molar refractivity (Wildman–Crippen MR) is 78.7 cm³/mol. The third-order valence-corrected chi connectivity index (χ3v) is 2.84. The van der Waals surface area contributed by atoms with E-state index < -0.39 is 6.10 Å². The largest absolute Gasteiger partial charge is 0.497 e. The van der Waals surface area contributed by atoms with Crippen LogP contribution in [0.3, 0.4) is 0 Å². The standard InChI is InChI=1S/C13H19ClN2O4/c1-19-8-13(18)16-11-4-3-10(20-2)5-12(11)15-7-9(17)6-14/h3-5,9,15,17H,6-8H2,1-2H3,(H,16,18). The highest BCUT2D eigenvalue weighted by molar-refractivity contribution is 6.18. The smallest absolute Gasteiger partial charge is 0.250 e. The van der Waals surface area contributed by atoms with Crippen molar-refractivity contribution in [2.45, 2.75) is 6.10 Å². The number of hydrogen-bond donors (Lipinski definition) is 3. The lowest BCUT2D eigenvalue weighted by Gasteiger charge is -2.16. The molecule has 6 nitrogen and oxygen atoms in total. The maximum atomic E-state index is 11.5. The fourth-order valence-electron chi connectivity index (χ4n) is 1.51. The number of anilines is 2. The van der Waals surface area contributed by atoms with Gasteiger partial charge < -0.3 is 25.2 Å². The fourth-order valence-corrected chi connectivity index (χ4v) is 1.61. The highest BCUT2D eigenvalue weighted by Gasteiger charge is 2.09. The summed E-state index contributed by atoms with van der Waals surface area (Å²) in [5.74, 6) is 0.499.